The van der Waals surface area contributed by atoms with Crippen LogP contribution in [0.5, 0.6) is 0 Å². The molecule has 0 aliphatic heterocycles. The van der Waals surface area contributed by atoms with Crippen LogP contribution < -0.4 is 0 Å². The van der Waals surface area contributed by atoms with Crippen molar-refractivity contribution in [2.24, 2.45) is 11.3 Å². The summed E-state index contributed by atoms with van der Waals surface area (Å²) >= 11 is 3.44. The van der Waals surface area contributed by atoms with Crippen LogP contribution in [0, 0.1) is 11.3 Å². The Morgan fingerprint density at radius 3 is 2.47 bits per heavy atom. The lowest BCUT2D eigenvalue weighted by atomic mass is 9.89. The summed E-state index contributed by atoms with van der Waals surface area (Å²) in [5.41, 5.74) is 1.18. The third-order valence-corrected chi connectivity index (χ3v) is 4.58. The standard InChI is InChI=1S/C16H22BrNO/c1-16(2)9-8-13(15(16)19)11-18(3)10-12-4-6-14(17)7-5-12/h4-7,13H,8-11H2,1-3H3. The van der Waals surface area contributed by atoms with Crippen molar-refractivity contribution in [1.29, 1.82) is 0 Å². The minimum Gasteiger partial charge on any atom is -0.301 e. The van der Waals surface area contributed by atoms with Crippen LogP contribution in [-0.2, 0) is 11.3 Å². The molecule has 104 valence electrons. The van der Waals surface area contributed by atoms with Crippen LogP contribution in [0.15, 0.2) is 28.7 Å². The quantitative estimate of drug-likeness (QED) is 0.837. The van der Waals surface area contributed by atoms with Gasteiger partial charge in [-0.2, -0.15) is 0 Å². The molecule has 1 aromatic rings. The summed E-state index contributed by atoms with van der Waals surface area (Å²) in [6.07, 6.45) is 2.07. The molecule has 0 radical (unpaired) electrons. The molecule has 1 unspecified atom stereocenters. The van der Waals surface area contributed by atoms with Crippen LogP contribution >= 0.6 is 15.9 Å². The van der Waals surface area contributed by atoms with Crippen LogP contribution in [0.1, 0.15) is 32.3 Å². The van der Waals surface area contributed by atoms with Crippen LogP contribution in [0.25, 0.3) is 0 Å². The van der Waals surface area contributed by atoms with E-state index in [1.54, 1.807) is 0 Å². The third-order valence-electron chi connectivity index (χ3n) is 4.05. The smallest absolute Gasteiger partial charge is 0.142 e. The highest BCUT2D eigenvalue weighted by atomic mass is 79.9. The first kappa shape index (κ1) is 14.7. The van der Waals surface area contributed by atoms with E-state index in [2.05, 4.69) is 66.0 Å². The van der Waals surface area contributed by atoms with Gasteiger partial charge in [0.2, 0.25) is 0 Å². The molecule has 1 aromatic carbocycles. The normalized spacial score (nSPS) is 22.2. The number of halogens is 1. The number of nitrogens with zero attached hydrogens (tertiary/aromatic N) is 1. The molecule has 19 heavy (non-hydrogen) atoms. The van der Waals surface area contributed by atoms with Gasteiger partial charge in [0.15, 0.2) is 0 Å². The second-order valence-corrected chi connectivity index (χ2v) is 7.22. The van der Waals surface area contributed by atoms with Crippen molar-refractivity contribution in [2.45, 2.75) is 33.2 Å². The number of carbonyl (C=O) groups excluding carboxylic acids is 1. The van der Waals surface area contributed by atoms with E-state index < -0.39 is 0 Å². The summed E-state index contributed by atoms with van der Waals surface area (Å²) in [5, 5.41) is 0. The van der Waals surface area contributed by atoms with E-state index in [4.69, 9.17) is 0 Å². The van der Waals surface area contributed by atoms with Crippen molar-refractivity contribution < 1.29 is 4.79 Å². The molecule has 0 amide bonds. The Labute approximate surface area is 124 Å². The maximum atomic E-state index is 12.2. The van der Waals surface area contributed by atoms with Crippen molar-refractivity contribution in [3.8, 4) is 0 Å². The Balaban J connectivity index is 1.90. The van der Waals surface area contributed by atoms with Gasteiger partial charge < -0.3 is 4.90 Å². The Hall–Kier alpha value is -0.670. The molecule has 0 spiro atoms. The number of Topliss-reactive ketones (excluding diaryl/α,β-unsaturated/α-hetero) is 1. The lowest BCUT2D eigenvalue weighted by molar-refractivity contribution is -0.127. The minimum absolute atomic E-state index is 0.108. The number of hydrogen-bond acceptors (Lipinski definition) is 2. The molecule has 3 heteroatoms. The van der Waals surface area contributed by atoms with Gasteiger partial charge in [0.25, 0.3) is 0 Å². The Morgan fingerprint density at radius 1 is 1.32 bits per heavy atom. The molecular formula is C16H22BrNO. The van der Waals surface area contributed by atoms with E-state index >= 15 is 0 Å². The zero-order chi connectivity index (χ0) is 14.0. The molecule has 0 saturated heterocycles. The molecule has 1 fully saturated rings. The van der Waals surface area contributed by atoms with Crippen molar-refractivity contribution in [1.82, 2.24) is 4.90 Å². The third kappa shape index (κ3) is 3.67. The summed E-state index contributed by atoms with van der Waals surface area (Å²) in [7, 11) is 2.10. The van der Waals surface area contributed by atoms with Gasteiger partial charge in [0.1, 0.15) is 5.78 Å². The molecule has 1 atom stereocenters. The second-order valence-electron chi connectivity index (χ2n) is 6.31. The maximum absolute atomic E-state index is 12.2. The van der Waals surface area contributed by atoms with Crippen molar-refractivity contribution in [2.75, 3.05) is 13.6 Å². The highest BCUT2D eigenvalue weighted by Gasteiger charge is 2.40. The fraction of sp³-hybridized carbons (Fsp3) is 0.562. The summed E-state index contributed by atoms with van der Waals surface area (Å²) in [6, 6.07) is 8.38. The SMILES string of the molecule is CN(Cc1ccc(Br)cc1)CC1CCC(C)(C)C1=O. The van der Waals surface area contributed by atoms with E-state index in [0.29, 0.717) is 5.78 Å². The van der Waals surface area contributed by atoms with E-state index in [9.17, 15) is 4.79 Å². The van der Waals surface area contributed by atoms with E-state index in [0.717, 1.165) is 30.4 Å². The largest absolute Gasteiger partial charge is 0.301 e. The monoisotopic (exact) mass is 323 g/mol. The van der Waals surface area contributed by atoms with Crippen LogP contribution in [0.4, 0.5) is 0 Å². The van der Waals surface area contributed by atoms with Gasteiger partial charge in [-0.05, 0) is 37.6 Å². The van der Waals surface area contributed by atoms with Gasteiger partial charge in [-0.3, -0.25) is 4.79 Å². The first-order valence-corrected chi connectivity index (χ1v) is 7.65. The van der Waals surface area contributed by atoms with E-state index in [-0.39, 0.29) is 11.3 Å². The summed E-state index contributed by atoms with van der Waals surface area (Å²) < 4.78 is 1.10. The number of ketones is 1. The fourth-order valence-electron chi connectivity index (χ4n) is 2.86. The highest BCUT2D eigenvalue weighted by Crippen LogP contribution is 2.37. The number of carbonyl (C=O) groups is 1. The van der Waals surface area contributed by atoms with Crippen LogP contribution in [0.2, 0.25) is 0 Å². The molecule has 0 heterocycles. The average Bonchev–Trinajstić information content (AvgIpc) is 2.59. The Kier molecular flexibility index (Phi) is 4.46. The molecule has 2 nitrogen and oxygen atoms in total. The van der Waals surface area contributed by atoms with Crippen LogP contribution in [0.3, 0.4) is 0 Å². The highest BCUT2D eigenvalue weighted by molar-refractivity contribution is 9.10. The van der Waals surface area contributed by atoms with Gasteiger partial charge in [0, 0.05) is 28.9 Å². The molecule has 1 aliphatic rings. The number of hydrogen-bond donors (Lipinski definition) is 0. The molecule has 0 aromatic heterocycles. The van der Waals surface area contributed by atoms with Crippen LogP contribution in [-0.4, -0.2) is 24.3 Å². The van der Waals surface area contributed by atoms with Crippen molar-refractivity contribution in [3.05, 3.63) is 34.3 Å². The van der Waals surface area contributed by atoms with Crippen molar-refractivity contribution in [3.63, 3.8) is 0 Å². The maximum Gasteiger partial charge on any atom is 0.142 e. The first-order chi connectivity index (χ1) is 8.88. The molecular weight excluding hydrogens is 302 g/mol. The molecule has 1 saturated carbocycles. The second kappa shape index (κ2) is 5.76. The molecule has 0 N–H and O–H groups in total. The summed E-state index contributed by atoms with van der Waals surface area (Å²) in [6.45, 7) is 5.92. The topological polar surface area (TPSA) is 20.3 Å². The zero-order valence-corrected chi connectivity index (χ0v) is 13.5. The van der Waals surface area contributed by atoms with Gasteiger partial charge in [0.05, 0.1) is 0 Å². The van der Waals surface area contributed by atoms with Gasteiger partial charge in [-0.15, -0.1) is 0 Å². The van der Waals surface area contributed by atoms with E-state index in [1.165, 1.54) is 5.56 Å². The molecule has 1 aliphatic carbocycles. The number of benzene rings is 1. The first-order valence-electron chi connectivity index (χ1n) is 6.86. The van der Waals surface area contributed by atoms with Gasteiger partial charge in [-0.1, -0.05) is 41.9 Å². The predicted octanol–water partition coefficient (Wildman–Crippen LogP) is 3.89. The van der Waals surface area contributed by atoms with Gasteiger partial charge in [-0.25, -0.2) is 0 Å². The molecule has 2 rings (SSSR count). The lowest BCUT2D eigenvalue weighted by Crippen LogP contribution is -2.31. The van der Waals surface area contributed by atoms with Gasteiger partial charge >= 0.3 is 0 Å². The lowest BCUT2D eigenvalue weighted by Gasteiger charge is -2.22. The number of rotatable bonds is 4. The zero-order valence-electron chi connectivity index (χ0n) is 11.9. The Bertz CT molecular complexity index is 452. The van der Waals surface area contributed by atoms with Crippen molar-refractivity contribution >= 4 is 21.7 Å². The minimum atomic E-state index is -0.108. The average molecular weight is 324 g/mol. The fourth-order valence-corrected chi connectivity index (χ4v) is 3.12. The van der Waals surface area contributed by atoms with E-state index in [1.807, 2.05) is 0 Å². The Morgan fingerprint density at radius 2 is 1.95 bits per heavy atom. The summed E-state index contributed by atoms with van der Waals surface area (Å²) in [4.78, 5) is 14.5. The summed E-state index contributed by atoms with van der Waals surface area (Å²) in [5.74, 6) is 0.658. The predicted molar refractivity (Wildman–Crippen MR) is 82.0 cm³/mol. The molecule has 0 bridgehead atoms.